The second-order valence-electron chi connectivity index (χ2n) is 4.92. The average molecular weight is 304 g/mol. The van der Waals surface area contributed by atoms with Crippen LogP contribution in [0, 0.1) is 10.1 Å². The van der Waals surface area contributed by atoms with Crippen molar-refractivity contribution in [2.24, 2.45) is 0 Å². The van der Waals surface area contributed by atoms with E-state index in [1.165, 1.54) is 17.0 Å². The summed E-state index contributed by atoms with van der Waals surface area (Å²) < 4.78 is 36.9. The maximum Gasteiger partial charge on any atom is 0.401 e. The van der Waals surface area contributed by atoms with Gasteiger partial charge in [0.15, 0.2) is 0 Å². The minimum Gasteiger partial charge on any atom is -0.398 e. The highest BCUT2D eigenvalue weighted by molar-refractivity contribution is 5.62. The van der Waals surface area contributed by atoms with Gasteiger partial charge in [-0.3, -0.25) is 15.0 Å². The van der Waals surface area contributed by atoms with E-state index >= 15 is 0 Å². The van der Waals surface area contributed by atoms with Gasteiger partial charge in [-0.05, 0) is 6.07 Å². The smallest absolute Gasteiger partial charge is 0.398 e. The summed E-state index contributed by atoms with van der Waals surface area (Å²) in [7, 11) is 0. The molecule has 0 aromatic heterocycles. The first-order valence-electron chi connectivity index (χ1n) is 6.33. The van der Waals surface area contributed by atoms with E-state index in [1.807, 2.05) is 0 Å². The van der Waals surface area contributed by atoms with Gasteiger partial charge in [-0.25, -0.2) is 0 Å². The number of hydrogen-bond donors (Lipinski definition) is 1. The van der Waals surface area contributed by atoms with Crippen LogP contribution in [0.3, 0.4) is 0 Å². The number of anilines is 2. The number of halogens is 3. The number of piperazine rings is 1. The lowest BCUT2D eigenvalue weighted by atomic mass is 10.2. The Balaban J connectivity index is 2.04. The van der Waals surface area contributed by atoms with E-state index in [-0.39, 0.29) is 24.5 Å². The fraction of sp³-hybridized carbons (Fsp3) is 0.500. The molecule has 2 rings (SSSR count). The van der Waals surface area contributed by atoms with E-state index in [2.05, 4.69) is 0 Å². The van der Waals surface area contributed by atoms with Crippen LogP contribution in [-0.4, -0.2) is 48.7 Å². The topological polar surface area (TPSA) is 75.6 Å². The molecule has 21 heavy (non-hydrogen) atoms. The molecule has 1 saturated heterocycles. The van der Waals surface area contributed by atoms with Gasteiger partial charge in [0, 0.05) is 49.7 Å². The highest BCUT2D eigenvalue weighted by Crippen LogP contribution is 2.26. The van der Waals surface area contributed by atoms with E-state index in [0.717, 1.165) is 0 Å². The van der Waals surface area contributed by atoms with Crippen LogP contribution in [0.25, 0.3) is 0 Å². The van der Waals surface area contributed by atoms with Crippen molar-refractivity contribution in [2.75, 3.05) is 43.4 Å². The first-order chi connectivity index (χ1) is 9.74. The lowest BCUT2D eigenvalue weighted by molar-refractivity contribution is -0.384. The van der Waals surface area contributed by atoms with Crippen LogP contribution < -0.4 is 10.6 Å². The summed E-state index contributed by atoms with van der Waals surface area (Å²) in [5.41, 5.74) is 6.33. The SMILES string of the molecule is Nc1cc(N2CCN(CC(F)(F)F)CC2)cc([N+](=O)[O-])c1. The summed E-state index contributed by atoms with van der Waals surface area (Å²) in [5.74, 6) is 0. The lowest BCUT2D eigenvalue weighted by Crippen LogP contribution is -2.49. The molecule has 0 atom stereocenters. The zero-order valence-corrected chi connectivity index (χ0v) is 11.1. The Hall–Kier alpha value is -2.03. The number of non-ortho nitro benzene ring substituents is 1. The zero-order valence-electron chi connectivity index (χ0n) is 11.1. The summed E-state index contributed by atoms with van der Waals surface area (Å²) in [4.78, 5) is 13.4. The molecule has 0 unspecified atom stereocenters. The molecule has 1 aromatic rings. The van der Waals surface area contributed by atoms with Gasteiger partial charge < -0.3 is 10.6 Å². The monoisotopic (exact) mass is 304 g/mol. The fourth-order valence-corrected chi connectivity index (χ4v) is 2.32. The summed E-state index contributed by atoms with van der Waals surface area (Å²) in [6, 6.07) is 4.23. The molecule has 0 spiro atoms. The number of benzene rings is 1. The van der Waals surface area contributed by atoms with E-state index in [4.69, 9.17) is 5.73 Å². The van der Waals surface area contributed by atoms with E-state index < -0.39 is 17.6 Å². The van der Waals surface area contributed by atoms with E-state index in [0.29, 0.717) is 18.8 Å². The van der Waals surface area contributed by atoms with E-state index in [1.54, 1.807) is 11.0 Å². The molecule has 0 amide bonds. The number of nitro groups is 1. The molecule has 1 aliphatic rings. The molecule has 1 heterocycles. The largest absolute Gasteiger partial charge is 0.401 e. The molecule has 0 saturated carbocycles. The number of nitrogens with two attached hydrogens (primary N) is 1. The van der Waals surface area contributed by atoms with Gasteiger partial charge in [0.2, 0.25) is 0 Å². The number of rotatable bonds is 3. The van der Waals surface area contributed by atoms with Crippen LogP contribution in [0.15, 0.2) is 18.2 Å². The zero-order chi connectivity index (χ0) is 15.6. The first-order valence-corrected chi connectivity index (χ1v) is 6.33. The van der Waals surface area contributed by atoms with Crippen molar-refractivity contribution in [3.05, 3.63) is 28.3 Å². The summed E-state index contributed by atoms with van der Waals surface area (Å²) >= 11 is 0. The van der Waals surface area contributed by atoms with Gasteiger partial charge in [-0.15, -0.1) is 0 Å². The van der Waals surface area contributed by atoms with Crippen molar-refractivity contribution in [1.82, 2.24) is 4.90 Å². The molecular weight excluding hydrogens is 289 g/mol. The molecule has 116 valence electrons. The molecule has 1 aromatic carbocycles. The van der Waals surface area contributed by atoms with Gasteiger partial charge >= 0.3 is 6.18 Å². The molecular formula is C12H15F3N4O2. The summed E-state index contributed by atoms with van der Waals surface area (Å²) in [6.07, 6.45) is -4.21. The highest BCUT2D eigenvalue weighted by Gasteiger charge is 2.32. The minimum absolute atomic E-state index is 0.122. The number of nitro benzene ring substituents is 1. The second kappa shape index (κ2) is 5.76. The predicted octanol–water partition coefficient (Wildman–Crippen LogP) is 1.86. The molecule has 9 heteroatoms. The third-order valence-corrected chi connectivity index (χ3v) is 3.28. The first kappa shape index (κ1) is 15.4. The number of alkyl halides is 3. The van der Waals surface area contributed by atoms with Gasteiger partial charge in [0.05, 0.1) is 11.5 Å². The Labute approximate surface area is 119 Å². The standard InChI is InChI=1S/C12H15F3N4O2/c13-12(14,15)8-17-1-3-18(4-2-17)10-5-9(16)6-11(7-10)19(20)21/h5-7H,1-4,8,16H2. The molecule has 0 aliphatic carbocycles. The number of nitrogen functional groups attached to an aromatic ring is 1. The summed E-state index contributed by atoms with van der Waals surface area (Å²) in [5, 5.41) is 10.8. The molecule has 0 radical (unpaired) electrons. The molecule has 6 nitrogen and oxygen atoms in total. The van der Waals surface area contributed by atoms with Crippen LogP contribution in [0.2, 0.25) is 0 Å². The Kier molecular flexibility index (Phi) is 4.21. The van der Waals surface area contributed by atoms with Crippen molar-refractivity contribution in [3.63, 3.8) is 0 Å². The van der Waals surface area contributed by atoms with Crippen LogP contribution in [0.5, 0.6) is 0 Å². The Morgan fingerprint density at radius 3 is 2.33 bits per heavy atom. The molecule has 1 aliphatic heterocycles. The highest BCUT2D eigenvalue weighted by atomic mass is 19.4. The third-order valence-electron chi connectivity index (χ3n) is 3.28. The quantitative estimate of drug-likeness (QED) is 0.524. The van der Waals surface area contributed by atoms with Crippen molar-refractivity contribution in [2.45, 2.75) is 6.18 Å². The van der Waals surface area contributed by atoms with Gasteiger partial charge in [-0.2, -0.15) is 13.2 Å². The van der Waals surface area contributed by atoms with Crippen molar-refractivity contribution in [1.29, 1.82) is 0 Å². The van der Waals surface area contributed by atoms with Gasteiger partial charge in [-0.1, -0.05) is 0 Å². The fourth-order valence-electron chi connectivity index (χ4n) is 2.32. The second-order valence-corrected chi connectivity index (χ2v) is 4.92. The number of hydrogen-bond acceptors (Lipinski definition) is 5. The van der Waals surface area contributed by atoms with Crippen LogP contribution in [0.1, 0.15) is 0 Å². The summed E-state index contributed by atoms with van der Waals surface area (Å²) in [6.45, 7) is 0.315. The van der Waals surface area contributed by atoms with Crippen molar-refractivity contribution in [3.8, 4) is 0 Å². The number of nitrogens with zero attached hydrogens (tertiary/aromatic N) is 3. The van der Waals surface area contributed by atoms with Crippen molar-refractivity contribution < 1.29 is 18.1 Å². The third kappa shape index (κ3) is 4.22. The van der Waals surface area contributed by atoms with Crippen molar-refractivity contribution >= 4 is 17.1 Å². The van der Waals surface area contributed by atoms with Gasteiger partial charge in [0.1, 0.15) is 0 Å². The van der Waals surface area contributed by atoms with Crippen LogP contribution in [-0.2, 0) is 0 Å². The maximum absolute atomic E-state index is 12.3. The maximum atomic E-state index is 12.3. The van der Waals surface area contributed by atoms with Crippen LogP contribution in [0.4, 0.5) is 30.2 Å². The minimum atomic E-state index is -4.21. The Morgan fingerprint density at radius 1 is 1.19 bits per heavy atom. The van der Waals surface area contributed by atoms with Gasteiger partial charge in [0.25, 0.3) is 5.69 Å². The molecule has 1 fully saturated rings. The lowest BCUT2D eigenvalue weighted by Gasteiger charge is -2.36. The average Bonchev–Trinajstić information content (AvgIpc) is 2.37. The van der Waals surface area contributed by atoms with Crippen LogP contribution >= 0.6 is 0 Å². The molecule has 0 bridgehead atoms. The Bertz CT molecular complexity index is 528. The Morgan fingerprint density at radius 2 is 1.81 bits per heavy atom. The molecule has 2 N–H and O–H groups in total. The normalized spacial score (nSPS) is 17.0. The van der Waals surface area contributed by atoms with E-state index in [9.17, 15) is 23.3 Å². The predicted molar refractivity (Wildman–Crippen MR) is 72.2 cm³/mol.